The maximum Gasteiger partial charge on any atom is 0.440 e. The van der Waals surface area contributed by atoms with Gasteiger partial charge in [-0.15, -0.1) is 0 Å². The Hall–Kier alpha value is -2.78. The van der Waals surface area contributed by atoms with Crippen LogP contribution >= 0.6 is 0 Å². The number of hydrogen-bond acceptors (Lipinski definition) is 4. The molecule has 2 N–H and O–H groups in total. The third kappa shape index (κ3) is 3.67. The fourth-order valence-electron chi connectivity index (χ4n) is 7.64. The van der Waals surface area contributed by atoms with Crippen LogP contribution in [0, 0.1) is 23.2 Å². The van der Waals surface area contributed by atoms with E-state index in [1.807, 2.05) is 17.6 Å². The largest absolute Gasteiger partial charge is 0.497 e. The number of nitrogens with zero attached hydrogens (tertiary/aromatic N) is 1. The average molecular weight is 494 g/mol. The number of benzene rings is 1. The van der Waals surface area contributed by atoms with Gasteiger partial charge < -0.3 is 10.1 Å². The predicted octanol–water partition coefficient (Wildman–Crippen LogP) is 4.23. The lowest BCUT2D eigenvalue weighted by molar-refractivity contribution is -0.202. The van der Waals surface area contributed by atoms with Gasteiger partial charge in [-0.3, -0.25) is 19.8 Å². The highest BCUT2D eigenvalue weighted by atomic mass is 19.4. The van der Waals surface area contributed by atoms with Crippen molar-refractivity contribution in [1.82, 2.24) is 15.5 Å². The number of imide groups is 1. The van der Waals surface area contributed by atoms with Gasteiger partial charge in [-0.05, 0) is 92.4 Å². The zero-order chi connectivity index (χ0) is 25.2. The number of amides is 4. The molecule has 1 heterocycles. The Morgan fingerprint density at radius 3 is 2.11 bits per heavy atom. The monoisotopic (exact) mass is 493 g/mol. The van der Waals surface area contributed by atoms with Crippen molar-refractivity contribution in [2.45, 2.75) is 69.8 Å². The van der Waals surface area contributed by atoms with Gasteiger partial charge in [-0.25, -0.2) is 4.79 Å². The smallest absolute Gasteiger partial charge is 0.440 e. The van der Waals surface area contributed by atoms with Gasteiger partial charge in [-0.2, -0.15) is 13.2 Å². The van der Waals surface area contributed by atoms with Crippen LogP contribution in [-0.4, -0.2) is 47.7 Å². The Morgan fingerprint density at radius 2 is 1.66 bits per heavy atom. The maximum absolute atomic E-state index is 14.4. The molecule has 1 saturated heterocycles. The first-order valence-electron chi connectivity index (χ1n) is 12.2. The first-order valence-corrected chi connectivity index (χ1v) is 12.2. The molecule has 0 aromatic heterocycles. The molecule has 1 aromatic carbocycles. The molecule has 5 aliphatic rings. The van der Waals surface area contributed by atoms with Gasteiger partial charge >= 0.3 is 12.2 Å². The fourth-order valence-corrected chi connectivity index (χ4v) is 7.64. The van der Waals surface area contributed by atoms with Crippen molar-refractivity contribution in [1.29, 1.82) is 0 Å². The van der Waals surface area contributed by atoms with Crippen LogP contribution in [0.25, 0.3) is 0 Å². The van der Waals surface area contributed by atoms with Crippen LogP contribution < -0.4 is 15.4 Å². The normalized spacial score (nSPS) is 34.7. The molecule has 1 aliphatic heterocycles. The highest BCUT2D eigenvalue weighted by Crippen LogP contribution is 2.62. The zero-order valence-corrected chi connectivity index (χ0v) is 19.8. The number of rotatable bonds is 6. The topological polar surface area (TPSA) is 87.7 Å². The highest BCUT2D eigenvalue weighted by Gasteiger charge is 2.71. The lowest BCUT2D eigenvalue weighted by Crippen LogP contribution is -2.70. The van der Waals surface area contributed by atoms with Crippen molar-refractivity contribution in [2.75, 3.05) is 7.11 Å². The number of methoxy groups -OCH3 is 1. The molecule has 4 saturated carbocycles. The number of urea groups is 1. The minimum Gasteiger partial charge on any atom is -0.497 e. The van der Waals surface area contributed by atoms with E-state index in [-0.39, 0.29) is 11.0 Å². The van der Waals surface area contributed by atoms with Gasteiger partial charge in [0.05, 0.1) is 7.11 Å². The molecule has 10 heteroatoms. The van der Waals surface area contributed by atoms with E-state index < -0.39 is 35.7 Å². The number of ether oxygens (including phenoxy) is 1. The van der Waals surface area contributed by atoms with Gasteiger partial charge in [0.2, 0.25) is 0 Å². The number of alkyl halides is 3. The van der Waals surface area contributed by atoms with Crippen LogP contribution in [-0.2, 0) is 4.79 Å². The molecule has 2 atom stereocenters. The van der Waals surface area contributed by atoms with Crippen molar-refractivity contribution >= 4 is 17.8 Å². The second-order valence-electron chi connectivity index (χ2n) is 10.7. The number of carbonyl (C=O) groups excluding carboxylic acids is 3. The molecular weight excluding hydrogens is 463 g/mol. The molecule has 2 unspecified atom stereocenters. The first kappa shape index (κ1) is 23.9. The molecule has 0 spiro atoms. The van der Waals surface area contributed by atoms with E-state index in [2.05, 4.69) is 0 Å². The van der Waals surface area contributed by atoms with Crippen LogP contribution in [0.2, 0.25) is 0 Å². The van der Waals surface area contributed by atoms with E-state index in [0.29, 0.717) is 29.9 Å². The minimum atomic E-state index is -5.24. The van der Waals surface area contributed by atoms with Gasteiger partial charge in [0.25, 0.3) is 17.5 Å². The summed E-state index contributed by atoms with van der Waals surface area (Å²) in [6.07, 6.45) is 0.978. The highest BCUT2D eigenvalue weighted by molar-refractivity contribution is 6.10. The molecule has 0 radical (unpaired) electrons. The van der Waals surface area contributed by atoms with Gasteiger partial charge in [0, 0.05) is 11.6 Å². The zero-order valence-electron chi connectivity index (χ0n) is 19.8. The maximum atomic E-state index is 14.4. The Kier molecular flexibility index (Phi) is 5.56. The standard InChI is InChI=1S/C25H30F3N3O4/c1-3-19(23-11-14-8-15(12-23)10-16(9-14)13-23)31-21(33)24(25(26,27)28,30-22(31)34)29-20(32)17-4-6-18(35-2)7-5-17/h4-7,14-16,19H,3,8-13H2,1-2H3,(H,29,32)(H,30,34). The summed E-state index contributed by atoms with van der Waals surface area (Å²) in [5.41, 5.74) is -3.97. The van der Waals surface area contributed by atoms with Gasteiger partial charge in [0.1, 0.15) is 5.75 Å². The van der Waals surface area contributed by atoms with Crippen LogP contribution in [0.15, 0.2) is 24.3 Å². The van der Waals surface area contributed by atoms with E-state index in [4.69, 9.17) is 4.74 Å². The number of halogens is 3. The summed E-state index contributed by atoms with van der Waals surface area (Å²) in [5.74, 6) is -0.665. The van der Waals surface area contributed by atoms with Crippen LogP contribution in [0.3, 0.4) is 0 Å². The minimum absolute atomic E-state index is 0.0944. The Morgan fingerprint density at radius 1 is 1.11 bits per heavy atom. The number of hydrogen-bond donors (Lipinski definition) is 2. The second-order valence-corrected chi connectivity index (χ2v) is 10.7. The average Bonchev–Trinajstić information content (AvgIpc) is 3.04. The number of nitrogens with one attached hydrogen (secondary N) is 2. The summed E-state index contributed by atoms with van der Waals surface area (Å²) >= 11 is 0. The van der Waals surface area contributed by atoms with E-state index >= 15 is 0 Å². The van der Waals surface area contributed by atoms with Crippen molar-refractivity contribution in [3.05, 3.63) is 29.8 Å². The van der Waals surface area contributed by atoms with E-state index in [0.717, 1.165) is 43.4 Å². The molecule has 35 heavy (non-hydrogen) atoms. The molecule has 4 amide bonds. The lowest BCUT2D eigenvalue weighted by Gasteiger charge is -2.60. The lowest BCUT2D eigenvalue weighted by atomic mass is 9.47. The number of carbonyl (C=O) groups is 3. The molecule has 190 valence electrons. The Balaban J connectivity index is 1.46. The first-order chi connectivity index (χ1) is 16.5. The molecule has 6 rings (SSSR count). The Bertz CT molecular complexity index is 1010. The molecule has 7 nitrogen and oxygen atoms in total. The SMILES string of the molecule is CCC(N1C(=O)NC(NC(=O)c2ccc(OC)cc2)(C(F)(F)F)C1=O)C12CC3CC(CC(C3)C1)C2. The van der Waals surface area contributed by atoms with Crippen molar-refractivity contribution in [2.24, 2.45) is 23.2 Å². The summed E-state index contributed by atoms with van der Waals surface area (Å²) < 4.78 is 48.3. The molecule has 5 fully saturated rings. The summed E-state index contributed by atoms with van der Waals surface area (Å²) in [4.78, 5) is 40.2. The molecular formula is C25H30F3N3O4. The van der Waals surface area contributed by atoms with Crippen molar-refractivity contribution in [3.8, 4) is 5.75 Å². The fraction of sp³-hybridized carbons (Fsp3) is 0.640. The molecule has 4 aliphatic carbocycles. The summed E-state index contributed by atoms with van der Waals surface area (Å²) in [6, 6.07) is 3.69. The predicted molar refractivity (Wildman–Crippen MR) is 119 cm³/mol. The van der Waals surface area contributed by atoms with Crippen molar-refractivity contribution in [3.63, 3.8) is 0 Å². The quantitative estimate of drug-likeness (QED) is 0.581. The van der Waals surface area contributed by atoms with Crippen LogP contribution in [0.1, 0.15) is 62.2 Å². The van der Waals surface area contributed by atoms with Gasteiger partial charge in [-0.1, -0.05) is 6.92 Å². The second kappa shape index (κ2) is 8.13. The molecule has 1 aromatic rings. The van der Waals surface area contributed by atoms with Crippen LogP contribution in [0.5, 0.6) is 5.75 Å². The summed E-state index contributed by atoms with van der Waals surface area (Å²) in [5, 5.41) is 3.65. The van der Waals surface area contributed by atoms with E-state index in [1.54, 1.807) is 0 Å². The van der Waals surface area contributed by atoms with E-state index in [9.17, 15) is 27.6 Å². The third-order valence-corrected chi connectivity index (χ3v) is 8.62. The third-order valence-electron chi connectivity index (χ3n) is 8.62. The van der Waals surface area contributed by atoms with Crippen LogP contribution in [0.4, 0.5) is 18.0 Å². The van der Waals surface area contributed by atoms with Crippen molar-refractivity contribution < 1.29 is 32.3 Å². The van der Waals surface area contributed by atoms with E-state index in [1.165, 1.54) is 31.4 Å². The van der Waals surface area contributed by atoms with Gasteiger partial charge in [0.15, 0.2) is 0 Å². The summed E-state index contributed by atoms with van der Waals surface area (Å²) in [6.45, 7) is 1.81. The summed E-state index contributed by atoms with van der Waals surface area (Å²) in [7, 11) is 1.42. The molecule has 4 bridgehead atoms. The Labute approximate surface area is 201 Å².